The maximum Gasteiger partial charge on any atom is 0.293 e. The van der Waals surface area contributed by atoms with Gasteiger partial charge in [-0.2, -0.15) is 0 Å². The van der Waals surface area contributed by atoms with Crippen molar-refractivity contribution in [2.75, 3.05) is 24.5 Å². The maximum atomic E-state index is 12.2. The van der Waals surface area contributed by atoms with Gasteiger partial charge in [0.25, 0.3) is 5.56 Å². The monoisotopic (exact) mass is 250 g/mol. The van der Waals surface area contributed by atoms with Crippen LogP contribution in [0, 0.1) is 5.92 Å². The van der Waals surface area contributed by atoms with Crippen molar-refractivity contribution in [2.45, 2.75) is 32.7 Å². The molecular weight excluding hydrogens is 228 g/mol. The van der Waals surface area contributed by atoms with E-state index in [4.69, 9.17) is 5.73 Å². The smallest absolute Gasteiger partial charge is 0.293 e. The summed E-state index contributed by atoms with van der Waals surface area (Å²) in [6.07, 6.45) is 6.60. The summed E-state index contributed by atoms with van der Waals surface area (Å²) in [6, 6.07) is 0. The Morgan fingerprint density at radius 2 is 2.39 bits per heavy atom. The van der Waals surface area contributed by atoms with Crippen LogP contribution in [0.25, 0.3) is 0 Å². The van der Waals surface area contributed by atoms with Crippen LogP contribution in [0.5, 0.6) is 0 Å². The van der Waals surface area contributed by atoms with Crippen LogP contribution < -0.4 is 16.2 Å². The van der Waals surface area contributed by atoms with Gasteiger partial charge in [-0.15, -0.1) is 0 Å². The predicted octanol–water partition coefficient (Wildman–Crippen LogP) is 0.828. The number of anilines is 1. The Morgan fingerprint density at radius 1 is 1.56 bits per heavy atom. The van der Waals surface area contributed by atoms with Gasteiger partial charge >= 0.3 is 0 Å². The molecule has 2 rings (SSSR count). The number of aryl methyl sites for hydroxylation is 1. The minimum Gasteiger partial charge on any atom is -0.352 e. The number of hydrogen-bond donors (Lipinski definition) is 1. The van der Waals surface area contributed by atoms with Crippen LogP contribution in [0.2, 0.25) is 0 Å². The first-order valence-corrected chi connectivity index (χ1v) is 6.76. The standard InChI is InChI=1S/C13H22N4O/c1-2-7-16-9-6-15-12(13(16)18)17-8-4-11(10-17)3-5-14/h6,9,11H,2-5,7-8,10,14H2,1H3. The molecule has 5 nitrogen and oxygen atoms in total. The van der Waals surface area contributed by atoms with Gasteiger partial charge in [-0.3, -0.25) is 4.79 Å². The quantitative estimate of drug-likeness (QED) is 0.840. The van der Waals surface area contributed by atoms with Crippen molar-refractivity contribution < 1.29 is 0 Å². The third-order valence-corrected chi connectivity index (χ3v) is 3.52. The molecule has 5 heteroatoms. The topological polar surface area (TPSA) is 64.2 Å². The molecule has 1 aromatic rings. The van der Waals surface area contributed by atoms with E-state index in [9.17, 15) is 4.79 Å². The third-order valence-electron chi connectivity index (χ3n) is 3.52. The van der Waals surface area contributed by atoms with Gasteiger partial charge < -0.3 is 15.2 Å². The molecule has 0 spiro atoms. The summed E-state index contributed by atoms with van der Waals surface area (Å²) in [7, 11) is 0. The average Bonchev–Trinajstić information content (AvgIpc) is 2.81. The molecule has 0 aromatic carbocycles. The molecule has 2 heterocycles. The Labute approximate surface area is 108 Å². The van der Waals surface area contributed by atoms with Crippen molar-refractivity contribution in [3.8, 4) is 0 Å². The van der Waals surface area contributed by atoms with E-state index in [0.717, 1.165) is 45.4 Å². The zero-order valence-corrected chi connectivity index (χ0v) is 11.0. The minimum absolute atomic E-state index is 0.0350. The summed E-state index contributed by atoms with van der Waals surface area (Å²) < 4.78 is 1.75. The van der Waals surface area contributed by atoms with Gasteiger partial charge in [-0.05, 0) is 31.7 Å². The Morgan fingerprint density at radius 3 is 3.11 bits per heavy atom. The highest BCUT2D eigenvalue weighted by atomic mass is 16.1. The lowest BCUT2D eigenvalue weighted by Gasteiger charge is -2.17. The first-order chi connectivity index (χ1) is 8.76. The summed E-state index contributed by atoms with van der Waals surface area (Å²) in [5.41, 5.74) is 5.62. The van der Waals surface area contributed by atoms with Gasteiger partial charge in [0.15, 0.2) is 5.82 Å². The lowest BCUT2D eigenvalue weighted by Crippen LogP contribution is -2.32. The molecule has 1 aliphatic heterocycles. The van der Waals surface area contributed by atoms with E-state index in [1.165, 1.54) is 0 Å². The van der Waals surface area contributed by atoms with E-state index in [0.29, 0.717) is 11.7 Å². The summed E-state index contributed by atoms with van der Waals surface area (Å²) in [4.78, 5) is 18.6. The fraction of sp³-hybridized carbons (Fsp3) is 0.692. The van der Waals surface area contributed by atoms with E-state index in [1.54, 1.807) is 17.0 Å². The van der Waals surface area contributed by atoms with Gasteiger partial charge in [0.05, 0.1) is 0 Å². The molecule has 100 valence electrons. The molecule has 0 saturated carbocycles. The number of nitrogens with two attached hydrogens (primary N) is 1. The molecule has 1 aliphatic rings. The fourth-order valence-corrected chi connectivity index (χ4v) is 2.57. The largest absolute Gasteiger partial charge is 0.352 e. The van der Waals surface area contributed by atoms with Gasteiger partial charge in [0, 0.05) is 32.0 Å². The zero-order chi connectivity index (χ0) is 13.0. The Balaban J connectivity index is 2.14. The molecule has 1 fully saturated rings. The maximum absolute atomic E-state index is 12.2. The molecule has 1 saturated heterocycles. The second kappa shape index (κ2) is 6.00. The Bertz CT molecular complexity index is 443. The van der Waals surface area contributed by atoms with Crippen molar-refractivity contribution >= 4 is 5.82 Å². The van der Waals surface area contributed by atoms with E-state index in [-0.39, 0.29) is 5.56 Å². The SMILES string of the molecule is CCCn1ccnc(N2CCC(CCN)C2)c1=O. The highest BCUT2D eigenvalue weighted by Crippen LogP contribution is 2.21. The molecule has 0 bridgehead atoms. The highest BCUT2D eigenvalue weighted by Gasteiger charge is 2.24. The molecule has 1 aromatic heterocycles. The van der Waals surface area contributed by atoms with Crippen molar-refractivity contribution in [3.05, 3.63) is 22.7 Å². The second-order valence-electron chi connectivity index (χ2n) is 4.93. The van der Waals surface area contributed by atoms with Gasteiger partial charge in [-0.1, -0.05) is 6.92 Å². The highest BCUT2D eigenvalue weighted by molar-refractivity contribution is 5.37. The van der Waals surface area contributed by atoms with Crippen LogP contribution >= 0.6 is 0 Å². The van der Waals surface area contributed by atoms with E-state index in [2.05, 4.69) is 16.8 Å². The van der Waals surface area contributed by atoms with E-state index in [1.807, 2.05) is 0 Å². The lowest BCUT2D eigenvalue weighted by molar-refractivity contribution is 0.545. The van der Waals surface area contributed by atoms with E-state index >= 15 is 0 Å². The van der Waals surface area contributed by atoms with Crippen molar-refractivity contribution in [1.29, 1.82) is 0 Å². The normalized spacial score (nSPS) is 19.4. The molecule has 0 radical (unpaired) electrons. The van der Waals surface area contributed by atoms with Crippen LogP contribution in [0.15, 0.2) is 17.2 Å². The summed E-state index contributed by atoms with van der Waals surface area (Å²) in [6.45, 7) is 5.38. The molecule has 18 heavy (non-hydrogen) atoms. The Kier molecular flexibility index (Phi) is 4.36. The van der Waals surface area contributed by atoms with Crippen molar-refractivity contribution in [2.24, 2.45) is 11.7 Å². The summed E-state index contributed by atoms with van der Waals surface area (Å²) >= 11 is 0. The number of rotatable bonds is 5. The molecule has 0 amide bonds. The van der Waals surface area contributed by atoms with Crippen LogP contribution in [0.1, 0.15) is 26.2 Å². The minimum atomic E-state index is 0.0350. The molecule has 0 aliphatic carbocycles. The first kappa shape index (κ1) is 13.1. The number of aromatic nitrogens is 2. The third kappa shape index (κ3) is 2.72. The summed E-state index contributed by atoms with van der Waals surface area (Å²) in [5, 5.41) is 0. The van der Waals surface area contributed by atoms with Crippen LogP contribution in [0.4, 0.5) is 5.82 Å². The molecule has 2 N–H and O–H groups in total. The molecular formula is C13H22N4O. The number of hydrogen-bond acceptors (Lipinski definition) is 4. The first-order valence-electron chi connectivity index (χ1n) is 6.76. The van der Waals surface area contributed by atoms with Gasteiger partial charge in [0.1, 0.15) is 0 Å². The van der Waals surface area contributed by atoms with Crippen LogP contribution in [0.3, 0.4) is 0 Å². The second-order valence-corrected chi connectivity index (χ2v) is 4.93. The van der Waals surface area contributed by atoms with Crippen molar-refractivity contribution in [3.63, 3.8) is 0 Å². The fourth-order valence-electron chi connectivity index (χ4n) is 2.57. The Hall–Kier alpha value is -1.36. The lowest BCUT2D eigenvalue weighted by atomic mass is 10.1. The predicted molar refractivity (Wildman–Crippen MR) is 72.8 cm³/mol. The number of nitrogens with zero attached hydrogens (tertiary/aromatic N) is 3. The van der Waals surface area contributed by atoms with Gasteiger partial charge in [0.2, 0.25) is 0 Å². The zero-order valence-electron chi connectivity index (χ0n) is 11.0. The average molecular weight is 250 g/mol. The van der Waals surface area contributed by atoms with Crippen LogP contribution in [-0.2, 0) is 6.54 Å². The van der Waals surface area contributed by atoms with E-state index < -0.39 is 0 Å². The van der Waals surface area contributed by atoms with Crippen molar-refractivity contribution in [1.82, 2.24) is 9.55 Å². The van der Waals surface area contributed by atoms with Crippen LogP contribution in [-0.4, -0.2) is 29.2 Å². The summed E-state index contributed by atoms with van der Waals surface area (Å²) in [5.74, 6) is 1.21. The molecule has 1 atom stereocenters. The molecule has 1 unspecified atom stereocenters. The van der Waals surface area contributed by atoms with Gasteiger partial charge in [-0.25, -0.2) is 4.98 Å².